The Bertz CT molecular complexity index is 251. The van der Waals surface area contributed by atoms with Crippen LogP contribution in [0.15, 0.2) is 12.2 Å². The van der Waals surface area contributed by atoms with E-state index in [0.29, 0.717) is 0 Å². The molecule has 1 rings (SSSR count). The van der Waals surface area contributed by atoms with Gasteiger partial charge in [-0.2, -0.15) is 0 Å². The van der Waals surface area contributed by atoms with Gasteiger partial charge in [0, 0.05) is 5.41 Å². The largest absolute Gasteiger partial charge is 0.347 e. The maximum absolute atomic E-state index is 5.54. The number of terminal acetylenes is 1. The van der Waals surface area contributed by atoms with E-state index < -0.39 is 5.60 Å². The topological polar surface area (TPSA) is 12.5 Å². The van der Waals surface area contributed by atoms with Crippen molar-refractivity contribution in [3.8, 4) is 12.3 Å². The Labute approximate surface area is 74.8 Å². The van der Waals surface area contributed by atoms with E-state index in [2.05, 4.69) is 33.3 Å². The lowest BCUT2D eigenvalue weighted by atomic mass is 9.77. The van der Waals surface area contributed by atoms with Gasteiger partial charge in [0.15, 0.2) is 5.60 Å². The maximum atomic E-state index is 5.54. The van der Waals surface area contributed by atoms with Gasteiger partial charge in [-0.25, -0.2) is 0 Å². The van der Waals surface area contributed by atoms with Crippen LogP contribution >= 0.6 is 0 Å². The lowest BCUT2D eigenvalue weighted by molar-refractivity contribution is 0.208. The minimum Gasteiger partial charge on any atom is -0.347 e. The molecule has 0 N–H and O–H groups in total. The molecule has 1 heteroatoms. The Hall–Kier alpha value is -0.740. The molecular formula is C11H16O. The van der Waals surface area contributed by atoms with Gasteiger partial charge in [-0.3, -0.25) is 0 Å². The normalized spacial score (nSPS) is 34.1. The maximum Gasteiger partial charge on any atom is 0.163 e. The first-order valence-corrected chi connectivity index (χ1v) is 4.16. The Morgan fingerprint density at radius 2 is 2.08 bits per heavy atom. The summed E-state index contributed by atoms with van der Waals surface area (Å²) in [5.74, 6) is 2.74. The third-order valence-corrected chi connectivity index (χ3v) is 2.39. The lowest BCUT2D eigenvalue weighted by Crippen LogP contribution is -2.31. The van der Waals surface area contributed by atoms with Gasteiger partial charge in [0.2, 0.25) is 0 Å². The van der Waals surface area contributed by atoms with Crippen LogP contribution in [0.2, 0.25) is 0 Å². The van der Waals surface area contributed by atoms with E-state index in [1.807, 2.05) is 6.92 Å². The molecule has 0 saturated carbocycles. The van der Waals surface area contributed by atoms with Crippen LogP contribution in [-0.4, -0.2) is 11.7 Å². The third-order valence-electron chi connectivity index (χ3n) is 2.39. The first kappa shape index (κ1) is 9.35. The highest BCUT2D eigenvalue weighted by molar-refractivity contribution is 5.34. The lowest BCUT2D eigenvalue weighted by Gasteiger charge is -2.23. The molecule has 0 unspecified atom stereocenters. The van der Waals surface area contributed by atoms with Gasteiger partial charge >= 0.3 is 0 Å². The van der Waals surface area contributed by atoms with E-state index in [4.69, 9.17) is 11.2 Å². The molecule has 0 aromatic carbocycles. The zero-order chi connectivity index (χ0) is 9.57. The zero-order valence-corrected chi connectivity index (χ0v) is 8.27. The van der Waals surface area contributed by atoms with Crippen molar-refractivity contribution in [1.82, 2.24) is 0 Å². The third kappa shape index (κ3) is 1.07. The van der Waals surface area contributed by atoms with E-state index in [0.717, 1.165) is 5.57 Å². The van der Waals surface area contributed by atoms with Crippen molar-refractivity contribution in [2.75, 3.05) is 0 Å². The summed E-state index contributed by atoms with van der Waals surface area (Å²) in [6, 6.07) is 0. The van der Waals surface area contributed by atoms with Crippen molar-refractivity contribution >= 4 is 0 Å². The highest BCUT2D eigenvalue weighted by Gasteiger charge is 2.62. The molecule has 0 radical (unpaired) electrons. The quantitative estimate of drug-likeness (QED) is 0.329. The highest BCUT2D eigenvalue weighted by Crippen LogP contribution is 2.52. The first-order valence-electron chi connectivity index (χ1n) is 4.16. The predicted molar refractivity (Wildman–Crippen MR) is 50.7 cm³/mol. The second-order valence-electron chi connectivity index (χ2n) is 4.47. The van der Waals surface area contributed by atoms with Crippen LogP contribution in [0.4, 0.5) is 0 Å². The summed E-state index contributed by atoms with van der Waals surface area (Å²) in [6.07, 6.45) is 5.52. The molecule has 2 atom stereocenters. The van der Waals surface area contributed by atoms with Crippen molar-refractivity contribution in [1.29, 1.82) is 0 Å². The summed E-state index contributed by atoms with van der Waals surface area (Å²) in [6.45, 7) is 12.1. The predicted octanol–water partition coefficient (Wildman–Crippen LogP) is 2.38. The molecule has 1 aliphatic rings. The molecule has 0 bridgehead atoms. The molecule has 0 aromatic heterocycles. The van der Waals surface area contributed by atoms with Gasteiger partial charge in [-0.1, -0.05) is 33.3 Å². The summed E-state index contributed by atoms with van der Waals surface area (Å²) in [4.78, 5) is 0. The molecule has 1 saturated heterocycles. The van der Waals surface area contributed by atoms with E-state index in [1.54, 1.807) is 0 Å². The zero-order valence-electron chi connectivity index (χ0n) is 8.27. The van der Waals surface area contributed by atoms with Crippen molar-refractivity contribution in [3.63, 3.8) is 0 Å². The van der Waals surface area contributed by atoms with Gasteiger partial charge < -0.3 is 4.74 Å². The fraction of sp³-hybridized carbons (Fsp3) is 0.636. The minimum absolute atomic E-state index is 0.00856. The summed E-state index contributed by atoms with van der Waals surface area (Å²) in [5, 5.41) is 0. The molecule has 1 heterocycles. The van der Waals surface area contributed by atoms with Gasteiger partial charge in [-0.15, -0.1) is 6.42 Å². The van der Waals surface area contributed by atoms with Crippen LogP contribution in [0.3, 0.4) is 0 Å². The fourth-order valence-electron chi connectivity index (χ4n) is 1.50. The van der Waals surface area contributed by atoms with E-state index in [-0.39, 0.29) is 11.5 Å². The van der Waals surface area contributed by atoms with Gasteiger partial charge in [0.1, 0.15) is 6.10 Å². The van der Waals surface area contributed by atoms with E-state index in [1.165, 1.54) is 0 Å². The summed E-state index contributed by atoms with van der Waals surface area (Å²) >= 11 is 0. The summed E-state index contributed by atoms with van der Waals surface area (Å²) in [5.41, 5.74) is 0.604. The number of ether oxygens (including phenoxy) is 1. The summed E-state index contributed by atoms with van der Waals surface area (Å²) < 4.78 is 5.54. The van der Waals surface area contributed by atoms with Gasteiger partial charge in [0.05, 0.1) is 0 Å². The van der Waals surface area contributed by atoms with Crippen LogP contribution in [0.1, 0.15) is 27.7 Å². The molecule has 1 fully saturated rings. The van der Waals surface area contributed by atoms with E-state index in [9.17, 15) is 0 Å². The van der Waals surface area contributed by atoms with Crippen molar-refractivity contribution < 1.29 is 4.74 Å². The number of hydrogen-bond acceptors (Lipinski definition) is 1. The Balaban J connectivity index is 2.88. The SMILES string of the molecule is C#C[C@]1(C(C)(C)C)O[C@@H]1C(=C)C. The molecule has 0 aromatic rings. The van der Waals surface area contributed by atoms with Crippen LogP contribution in [0.25, 0.3) is 0 Å². The van der Waals surface area contributed by atoms with Crippen LogP contribution in [0, 0.1) is 17.8 Å². The van der Waals surface area contributed by atoms with Crippen molar-refractivity contribution in [2.45, 2.75) is 39.4 Å². The monoisotopic (exact) mass is 164 g/mol. The summed E-state index contributed by atoms with van der Waals surface area (Å²) in [7, 11) is 0. The average Bonchev–Trinajstić information content (AvgIpc) is 2.59. The van der Waals surface area contributed by atoms with Gasteiger partial charge in [-0.05, 0) is 12.5 Å². The number of epoxide rings is 1. The number of rotatable bonds is 1. The molecule has 0 spiro atoms. The van der Waals surface area contributed by atoms with Crippen molar-refractivity contribution in [2.24, 2.45) is 5.41 Å². The fourth-order valence-corrected chi connectivity index (χ4v) is 1.50. The van der Waals surface area contributed by atoms with Crippen LogP contribution in [-0.2, 0) is 4.74 Å². The Morgan fingerprint density at radius 1 is 1.58 bits per heavy atom. The highest BCUT2D eigenvalue weighted by atomic mass is 16.6. The second kappa shape index (κ2) is 2.37. The smallest absolute Gasteiger partial charge is 0.163 e. The molecule has 12 heavy (non-hydrogen) atoms. The molecule has 1 aliphatic heterocycles. The second-order valence-corrected chi connectivity index (χ2v) is 4.47. The molecule has 0 aliphatic carbocycles. The molecule has 1 nitrogen and oxygen atoms in total. The first-order chi connectivity index (χ1) is 5.35. The average molecular weight is 164 g/mol. The van der Waals surface area contributed by atoms with Gasteiger partial charge in [0.25, 0.3) is 0 Å². The van der Waals surface area contributed by atoms with Crippen LogP contribution in [0.5, 0.6) is 0 Å². The Kier molecular flexibility index (Phi) is 1.85. The molecular weight excluding hydrogens is 148 g/mol. The molecule has 66 valence electrons. The number of hydrogen-bond donors (Lipinski definition) is 0. The van der Waals surface area contributed by atoms with Crippen LogP contribution < -0.4 is 0 Å². The standard InChI is InChI=1S/C11H16O/c1-7-11(10(4,5)6)9(12-11)8(2)3/h1,9H,2H2,3-6H3/t9-,11+/m1/s1. The molecule has 0 amide bonds. The Morgan fingerprint density at radius 3 is 2.17 bits per heavy atom. The van der Waals surface area contributed by atoms with Crippen molar-refractivity contribution in [3.05, 3.63) is 12.2 Å². The van der Waals surface area contributed by atoms with E-state index >= 15 is 0 Å². The minimum atomic E-state index is -0.404.